The van der Waals surface area contributed by atoms with E-state index in [2.05, 4.69) is 4.98 Å². The van der Waals surface area contributed by atoms with Gasteiger partial charge in [-0.25, -0.2) is 4.98 Å². The van der Waals surface area contributed by atoms with Gasteiger partial charge in [0.05, 0.1) is 13.2 Å². The van der Waals surface area contributed by atoms with Gasteiger partial charge in [0.1, 0.15) is 5.75 Å². The molecule has 118 valence electrons. The zero-order valence-electron chi connectivity index (χ0n) is 12.6. The molecular formula is C16H19NO4S. The van der Waals surface area contributed by atoms with Crippen molar-refractivity contribution in [2.24, 2.45) is 0 Å². The smallest absolute Gasteiger partial charge is 0.314 e. The van der Waals surface area contributed by atoms with Crippen LogP contribution in [0, 0.1) is 0 Å². The minimum absolute atomic E-state index is 0.0636. The summed E-state index contributed by atoms with van der Waals surface area (Å²) in [5.41, 5.74) is 1.10. The van der Waals surface area contributed by atoms with Crippen molar-refractivity contribution in [2.75, 3.05) is 7.11 Å². The summed E-state index contributed by atoms with van der Waals surface area (Å²) in [4.78, 5) is 3.81. The summed E-state index contributed by atoms with van der Waals surface area (Å²) in [5.74, 6) is 0.797. The zero-order chi connectivity index (χ0) is 16.0. The van der Waals surface area contributed by atoms with Crippen molar-refractivity contribution in [3.63, 3.8) is 0 Å². The van der Waals surface area contributed by atoms with Crippen molar-refractivity contribution >= 4 is 10.1 Å². The minimum Gasteiger partial charge on any atom is -0.497 e. The van der Waals surface area contributed by atoms with Gasteiger partial charge >= 0.3 is 10.1 Å². The molecule has 0 aliphatic heterocycles. The molecule has 0 amide bonds. The first-order chi connectivity index (χ1) is 10.5. The van der Waals surface area contributed by atoms with Crippen LogP contribution >= 0.6 is 0 Å². The second-order valence-corrected chi connectivity index (χ2v) is 6.43. The summed E-state index contributed by atoms with van der Waals surface area (Å²) >= 11 is 0. The van der Waals surface area contributed by atoms with Crippen LogP contribution in [0.5, 0.6) is 5.75 Å². The molecule has 0 aliphatic carbocycles. The maximum absolute atomic E-state index is 12.0. The molecule has 0 N–H and O–H groups in total. The van der Waals surface area contributed by atoms with Gasteiger partial charge in [0.25, 0.3) is 0 Å². The van der Waals surface area contributed by atoms with Gasteiger partial charge in [0, 0.05) is 6.20 Å². The average Bonchev–Trinajstić information content (AvgIpc) is 2.54. The first-order valence-electron chi connectivity index (χ1n) is 6.98. The van der Waals surface area contributed by atoms with E-state index in [-0.39, 0.29) is 5.03 Å². The maximum atomic E-state index is 12.0. The fourth-order valence-electron chi connectivity index (χ4n) is 1.97. The average molecular weight is 321 g/mol. The summed E-state index contributed by atoms with van der Waals surface area (Å²) in [6.45, 7) is 1.74. The van der Waals surface area contributed by atoms with Gasteiger partial charge in [0.15, 0.2) is 5.03 Å². The Bertz CT molecular complexity index is 684. The van der Waals surface area contributed by atoms with Gasteiger partial charge in [-0.05, 0) is 49.6 Å². The number of methoxy groups -OCH3 is 1. The van der Waals surface area contributed by atoms with E-state index < -0.39 is 16.2 Å². The molecule has 1 heterocycles. The van der Waals surface area contributed by atoms with Crippen molar-refractivity contribution in [3.05, 3.63) is 54.2 Å². The number of rotatable bonds is 7. The number of hydrogen-bond donors (Lipinski definition) is 0. The molecule has 0 bridgehead atoms. The quantitative estimate of drug-likeness (QED) is 0.734. The van der Waals surface area contributed by atoms with Crippen LogP contribution in [0.25, 0.3) is 0 Å². The maximum Gasteiger partial charge on any atom is 0.314 e. The molecule has 0 saturated carbocycles. The highest BCUT2D eigenvalue weighted by Crippen LogP contribution is 2.16. The van der Waals surface area contributed by atoms with Crippen LogP contribution in [-0.2, 0) is 20.7 Å². The third-order valence-electron chi connectivity index (χ3n) is 3.18. The van der Waals surface area contributed by atoms with E-state index in [0.29, 0.717) is 6.42 Å². The lowest BCUT2D eigenvalue weighted by molar-refractivity contribution is 0.217. The topological polar surface area (TPSA) is 65.5 Å². The van der Waals surface area contributed by atoms with E-state index in [1.807, 2.05) is 24.3 Å². The fraction of sp³-hybridized carbons (Fsp3) is 0.312. The summed E-state index contributed by atoms with van der Waals surface area (Å²) < 4.78 is 34.3. The number of nitrogens with zero attached hydrogens (tertiary/aromatic N) is 1. The van der Waals surface area contributed by atoms with E-state index in [4.69, 9.17) is 8.92 Å². The molecule has 0 aliphatic rings. The van der Waals surface area contributed by atoms with Crippen molar-refractivity contribution in [2.45, 2.75) is 30.9 Å². The van der Waals surface area contributed by atoms with Crippen LogP contribution in [-0.4, -0.2) is 26.6 Å². The van der Waals surface area contributed by atoms with Crippen LogP contribution in [0.1, 0.15) is 18.9 Å². The van der Waals surface area contributed by atoms with E-state index >= 15 is 0 Å². The molecule has 2 rings (SSSR count). The van der Waals surface area contributed by atoms with Gasteiger partial charge < -0.3 is 4.74 Å². The first kappa shape index (κ1) is 16.5. The van der Waals surface area contributed by atoms with E-state index in [9.17, 15) is 8.42 Å². The lowest BCUT2D eigenvalue weighted by atomic mass is 10.1. The van der Waals surface area contributed by atoms with Crippen LogP contribution in [0.3, 0.4) is 0 Å². The standard InChI is InChI=1S/C16H19NO4S/c1-13(6-7-14-8-10-15(20-2)11-9-14)21-22(18,19)16-5-3-4-12-17-16/h3-5,8-13H,6-7H2,1-2H3. The largest absolute Gasteiger partial charge is 0.497 e. The summed E-state index contributed by atoms with van der Waals surface area (Å²) in [6, 6.07) is 12.4. The first-order valence-corrected chi connectivity index (χ1v) is 8.39. The van der Waals surface area contributed by atoms with Crippen molar-refractivity contribution < 1.29 is 17.3 Å². The Hall–Kier alpha value is -1.92. The predicted octanol–water partition coefficient (Wildman–Crippen LogP) is 2.82. The minimum atomic E-state index is -3.81. The monoisotopic (exact) mass is 321 g/mol. The van der Waals surface area contributed by atoms with E-state index in [1.165, 1.54) is 12.3 Å². The molecule has 6 heteroatoms. The Morgan fingerprint density at radius 2 is 1.86 bits per heavy atom. The molecule has 1 unspecified atom stereocenters. The van der Waals surface area contributed by atoms with Crippen LogP contribution in [0.4, 0.5) is 0 Å². The number of benzene rings is 1. The lowest BCUT2D eigenvalue weighted by Gasteiger charge is -2.12. The Balaban J connectivity index is 1.91. The highest BCUT2D eigenvalue weighted by atomic mass is 32.2. The van der Waals surface area contributed by atoms with Gasteiger partial charge in [-0.3, -0.25) is 4.18 Å². The molecule has 0 spiro atoms. The SMILES string of the molecule is COc1ccc(CCC(C)OS(=O)(=O)c2ccccn2)cc1. The molecule has 2 aromatic rings. The zero-order valence-corrected chi connectivity index (χ0v) is 13.4. The van der Waals surface area contributed by atoms with Gasteiger partial charge in [-0.1, -0.05) is 18.2 Å². The Morgan fingerprint density at radius 3 is 2.45 bits per heavy atom. The van der Waals surface area contributed by atoms with Crippen molar-refractivity contribution in [1.82, 2.24) is 4.98 Å². The second-order valence-electron chi connectivity index (χ2n) is 4.92. The Labute approximate surface area is 131 Å². The molecule has 1 atom stereocenters. The van der Waals surface area contributed by atoms with E-state index in [1.54, 1.807) is 26.2 Å². The third-order valence-corrected chi connectivity index (χ3v) is 4.52. The number of hydrogen-bond acceptors (Lipinski definition) is 5. The van der Waals surface area contributed by atoms with Crippen LogP contribution in [0.15, 0.2) is 53.7 Å². The van der Waals surface area contributed by atoms with E-state index in [0.717, 1.165) is 17.7 Å². The van der Waals surface area contributed by atoms with Crippen molar-refractivity contribution in [3.8, 4) is 5.75 Å². The van der Waals surface area contributed by atoms with Gasteiger partial charge in [0.2, 0.25) is 0 Å². The summed E-state index contributed by atoms with van der Waals surface area (Å²) in [5, 5.41) is -0.0636. The number of ether oxygens (including phenoxy) is 1. The van der Waals surface area contributed by atoms with Gasteiger partial charge in [-0.15, -0.1) is 0 Å². The van der Waals surface area contributed by atoms with Gasteiger partial charge in [-0.2, -0.15) is 8.42 Å². The fourth-order valence-corrected chi connectivity index (χ4v) is 3.03. The lowest BCUT2D eigenvalue weighted by Crippen LogP contribution is -2.17. The Kier molecular flexibility index (Phi) is 5.51. The molecule has 0 fully saturated rings. The third kappa shape index (κ3) is 4.54. The molecule has 1 aromatic carbocycles. The highest BCUT2D eigenvalue weighted by Gasteiger charge is 2.19. The van der Waals surface area contributed by atoms with Crippen LogP contribution in [0.2, 0.25) is 0 Å². The predicted molar refractivity (Wildman–Crippen MR) is 83.3 cm³/mol. The molecular weight excluding hydrogens is 302 g/mol. The second kappa shape index (κ2) is 7.38. The highest BCUT2D eigenvalue weighted by molar-refractivity contribution is 7.86. The number of aromatic nitrogens is 1. The van der Waals surface area contributed by atoms with Crippen molar-refractivity contribution in [1.29, 1.82) is 0 Å². The molecule has 5 nitrogen and oxygen atoms in total. The molecule has 0 radical (unpaired) electrons. The molecule has 22 heavy (non-hydrogen) atoms. The number of aryl methyl sites for hydroxylation is 1. The normalized spacial score (nSPS) is 12.8. The Morgan fingerprint density at radius 1 is 1.14 bits per heavy atom. The van der Waals surface area contributed by atoms with Crippen LogP contribution < -0.4 is 4.74 Å². The summed E-state index contributed by atoms with van der Waals surface area (Å²) in [7, 11) is -2.19. The molecule has 1 aromatic heterocycles. The summed E-state index contributed by atoms with van der Waals surface area (Å²) in [6.07, 6.45) is 2.33. The molecule has 0 saturated heterocycles. The number of pyridine rings is 1.